The SMILES string of the molecule is COCc1nnc(-n2nncc2CO)s1. The summed E-state index contributed by atoms with van der Waals surface area (Å²) in [6, 6.07) is 0. The van der Waals surface area contributed by atoms with Crippen LogP contribution in [0.3, 0.4) is 0 Å². The van der Waals surface area contributed by atoms with E-state index in [4.69, 9.17) is 9.84 Å². The first kappa shape index (κ1) is 10.1. The lowest BCUT2D eigenvalue weighted by molar-refractivity contribution is 0.184. The van der Waals surface area contributed by atoms with Gasteiger partial charge in [0, 0.05) is 7.11 Å². The standard InChI is InChI=1S/C7H9N5O2S/c1-14-4-6-9-10-7(15-6)12-5(3-13)2-8-11-12/h2,13H,3-4H2,1H3. The van der Waals surface area contributed by atoms with Gasteiger partial charge in [-0.1, -0.05) is 16.6 Å². The molecule has 0 atom stereocenters. The van der Waals surface area contributed by atoms with Crippen LogP contribution in [0.1, 0.15) is 10.7 Å². The monoisotopic (exact) mass is 227 g/mol. The largest absolute Gasteiger partial charge is 0.390 e. The summed E-state index contributed by atoms with van der Waals surface area (Å²) in [7, 11) is 1.59. The van der Waals surface area contributed by atoms with Crippen molar-refractivity contribution in [2.45, 2.75) is 13.2 Å². The van der Waals surface area contributed by atoms with Crippen molar-refractivity contribution in [3.8, 4) is 5.13 Å². The highest BCUT2D eigenvalue weighted by Crippen LogP contribution is 2.15. The Morgan fingerprint density at radius 1 is 1.53 bits per heavy atom. The van der Waals surface area contributed by atoms with Crippen molar-refractivity contribution in [2.24, 2.45) is 0 Å². The van der Waals surface area contributed by atoms with E-state index >= 15 is 0 Å². The molecule has 0 fully saturated rings. The topological polar surface area (TPSA) is 86.0 Å². The Kier molecular flexibility index (Phi) is 2.99. The molecule has 0 amide bonds. The molecular formula is C7H9N5O2S. The number of hydrogen-bond donors (Lipinski definition) is 1. The Bertz CT molecular complexity index is 440. The van der Waals surface area contributed by atoms with Gasteiger partial charge in [-0.25, -0.2) is 0 Å². The van der Waals surface area contributed by atoms with Gasteiger partial charge in [0.15, 0.2) is 0 Å². The van der Waals surface area contributed by atoms with Crippen LogP contribution >= 0.6 is 11.3 Å². The molecule has 0 radical (unpaired) electrons. The number of aliphatic hydroxyl groups is 1. The van der Waals surface area contributed by atoms with Gasteiger partial charge in [0.05, 0.1) is 18.5 Å². The summed E-state index contributed by atoms with van der Waals surface area (Å²) in [4.78, 5) is 0. The molecule has 0 aliphatic heterocycles. The first-order valence-corrected chi connectivity index (χ1v) is 4.99. The van der Waals surface area contributed by atoms with Crippen LogP contribution in [-0.2, 0) is 18.0 Å². The average Bonchev–Trinajstić information content (AvgIpc) is 2.84. The zero-order chi connectivity index (χ0) is 10.7. The quantitative estimate of drug-likeness (QED) is 0.775. The zero-order valence-electron chi connectivity index (χ0n) is 7.99. The molecule has 7 nitrogen and oxygen atoms in total. The third kappa shape index (κ3) is 2.01. The van der Waals surface area contributed by atoms with Crippen LogP contribution in [0, 0.1) is 0 Å². The smallest absolute Gasteiger partial charge is 0.234 e. The van der Waals surface area contributed by atoms with Gasteiger partial charge in [-0.15, -0.1) is 15.3 Å². The van der Waals surface area contributed by atoms with E-state index in [1.807, 2.05) is 0 Å². The molecule has 0 unspecified atom stereocenters. The van der Waals surface area contributed by atoms with Gasteiger partial charge in [-0.3, -0.25) is 0 Å². The van der Waals surface area contributed by atoms with E-state index in [0.717, 1.165) is 5.01 Å². The summed E-state index contributed by atoms with van der Waals surface area (Å²) in [5.41, 5.74) is 0.579. The van der Waals surface area contributed by atoms with Gasteiger partial charge in [-0.05, 0) is 0 Å². The summed E-state index contributed by atoms with van der Waals surface area (Å²) >= 11 is 1.35. The highest BCUT2D eigenvalue weighted by Gasteiger charge is 2.10. The second kappa shape index (κ2) is 4.43. The lowest BCUT2D eigenvalue weighted by Gasteiger charge is -1.96. The van der Waals surface area contributed by atoms with Crippen molar-refractivity contribution in [3.05, 3.63) is 16.9 Å². The van der Waals surface area contributed by atoms with Crippen LogP contribution in [0.5, 0.6) is 0 Å². The number of nitrogens with zero attached hydrogens (tertiary/aromatic N) is 5. The van der Waals surface area contributed by atoms with E-state index in [9.17, 15) is 0 Å². The molecular weight excluding hydrogens is 218 g/mol. The maximum atomic E-state index is 9.01. The predicted molar refractivity (Wildman–Crippen MR) is 51.5 cm³/mol. The summed E-state index contributed by atoms with van der Waals surface area (Å²) < 4.78 is 6.38. The molecule has 0 saturated heterocycles. The van der Waals surface area contributed by atoms with E-state index in [0.29, 0.717) is 17.4 Å². The van der Waals surface area contributed by atoms with Crippen molar-refractivity contribution in [1.82, 2.24) is 25.2 Å². The number of methoxy groups -OCH3 is 1. The van der Waals surface area contributed by atoms with Crippen LogP contribution < -0.4 is 0 Å². The predicted octanol–water partition coefficient (Wildman–Crippen LogP) is -0.242. The summed E-state index contributed by atoms with van der Waals surface area (Å²) in [5, 5.41) is 25.7. The van der Waals surface area contributed by atoms with Crippen molar-refractivity contribution in [3.63, 3.8) is 0 Å². The van der Waals surface area contributed by atoms with E-state index in [1.165, 1.54) is 22.2 Å². The van der Waals surface area contributed by atoms with Crippen molar-refractivity contribution >= 4 is 11.3 Å². The normalized spacial score (nSPS) is 10.8. The Labute approximate surface area is 89.3 Å². The molecule has 0 saturated carbocycles. The molecule has 15 heavy (non-hydrogen) atoms. The highest BCUT2D eigenvalue weighted by molar-refractivity contribution is 7.13. The Morgan fingerprint density at radius 3 is 3.13 bits per heavy atom. The molecule has 80 valence electrons. The second-order valence-corrected chi connectivity index (χ2v) is 3.75. The summed E-state index contributed by atoms with van der Waals surface area (Å²) in [5.74, 6) is 0. The fourth-order valence-corrected chi connectivity index (χ4v) is 1.83. The van der Waals surface area contributed by atoms with Gasteiger partial charge < -0.3 is 9.84 Å². The minimum absolute atomic E-state index is 0.133. The number of hydrogen-bond acceptors (Lipinski definition) is 7. The molecule has 0 aliphatic carbocycles. The Morgan fingerprint density at radius 2 is 2.40 bits per heavy atom. The molecule has 0 spiro atoms. The molecule has 0 aliphatic rings. The summed E-state index contributed by atoms with van der Waals surface area (Å²) in [6.07, 6.45) is 1.48. The zero-order valence-corrected chi connectivity index (χ0v) is 8.81. The molecule has 0 bridgehead atoms. The van der Waals surface area contributed by atoms with E-state index in [-0.39, 0.29) is 6.61 Å². The highest BCUT2D eigenvalue weighted by atomic mass is 32.1. The third-order valence-corrected chi connectivity index (χ3v) is 2.56. The van der Waals surface area contributed by atoms with Gasteiger partial charge >= 0.3 is 0 Å². The van der Waals surface area contributed by atoms with Gasteiger partial charge in [0.1, 0.15) is 11.6 Å². The molecule has 2 aromatic heterocycles. The van der Waals surface area contributed by atoms with Crippen LogP contribution in [0.25, 0.3) is 5.13 Å². The van der Waals surface area contributed by atoms with Crippen LogP contribution in [-0.4, -0.2) is 37.4 Å². The maximum Gasteiger partial charge on any atom is 0.234 e. The minimum atomic E-state index is -0.133. The average molecular weight is 227 g/mol. The van der Waals surface area contributed by atoms with Crippen LogP contribution in [0.4, 0.5) is 0 Å². The second-order valence-electron chi connectivity index (χ2n) is 2.71. The van der Waals surface area contributed by atoms with E-state index < -0.39 is 0 Å². The minimum Gasteiger partial charge on any atom is -0.390 e. The fourth-order valence-electron chi connectivity index (χ4n) is 1.04. The fraction of sp³-hybridized carbons (Fsp3) is 0.429. The first-order valence-electron chi connectivity index (χ1n) is 4.17. The van der Waals surface area contributed by atoms with Crippen LogP contribution in [0.15, 0.2) is 6.20 Å². The third-order valence-electron chi connectivity index (χ3n) is 1.69. The molecule has 2 rings (SSSR count). The van der Waals surface area contributed by atoms with Gasteiger partial charge in [0.25, 0.3) is 0 Å². The van der Waals surface area contributed by atoms with Crippen molar-refractivity contribution in [2.75, 3.05) is 7.11 Å². The Balaban J connectivity index is 2.28. The molecule has 1 N–H and O–H groups in total. The molecule has 0 aromatic carbocycles. The number of rotatable bonds is 4. The summed E-state index contributed by atoms with van der Waals surface area (Å²) in [6.45, 7) is 0.285. The number of aromatic nitrogens is 5. The van der Waals surface area contributed by atoms with Gasteiger partial charge in [0.2, 0.25) is 5.13 Å². The molecule has 2 heterocycles. The lowest BCUT2D eigenvalue weighted by Crippen LogP contribution is -2.01. The first-order chi connectivity index (χ1) is 7.35. The van der Waals surface area contributed by atoms with Crippen molar-refractivity contribution < 1.29 is 9.84 Å². The lowest BCUT2D eigenvalue weighted by atomic mass is 10.5. The van der Waals surface area contributed by atoms with E-state index in [1.54, 1.807) is 7.11 Å². The van der Waals surface area contributed by atoms with Gasteiger partial charge in [-0.2, -0.15) is 4.68 Å². The Hall–Kier alpha value is -1.38. The van der Waals surface area contributed by atoms with Crippen LogP contribution in [0.2, 0.25) is 0 Å². The molecule has 2 aromatic rings. The number of aliphatic hydroxyl groups excluding tert-OH is 1. The van der Waals surface area contributed by atoms with Crippen molar-refractivity contribution in [1.29, 1.82) is 0 Å². The number of ether oxygens (including phenoxy) is 1. The molecule has 8 heteroatoms. The van der Waals surface area contributed by atoms with E-state index in [2.05, 4.69) is 20.5 Å². The maximum absolute atomic E-state index is 9.01.